The Morgan fingerprint density at radius 3 is 2.78 bits per heavy atom. The van der Waals surface area contributed by atoms with E-state index in [1.54, 1.807) is 0 Å². The number of anilines is 1. The number of nitrogens with zero attached hydrogens (tertiary/aromatic N) is 2. The Kier molecular flexibility index (Phi) is 4.67. The fourth-order valence-electron chi connectivity index (χ4n) is 2.48. The van der Waals surface area contributed by atoms with Crippen LogP contribution >= 0.6 is 0 Å². The van der Waals surface area contributed by atoms with Crippen molar-refractivity contribution in [3.05, 3.63) is 47.7 Å². The lowest BCUT2D eigenvalue weighted by molar-refractivity contribution is 0.174. The second-order valence-corrected chi connectivity index (χ2v) is 5.75. The Balaban J connectivity index is 1.59. The molecular weight excluding hydrogens is 290 g/mol. The SMILES string of the molecule is CCN(C)c1ccc(CN[C@@H](C)c2ccc3c(c2)OCO3)cn1. The molecule has 0 saturated heterocycles. The molecule has 1 N–H and O–H groups in total. The van der Waals surface area contributed by atoms with Gasteiger partial charge < -0.3 is 19.7 Å². The summed E-state index contributed by atoms with van der Waals surface area (Å²) < 4.78 is 10.8. The number of benzene rings is 1. The summed E-state index contributed by atoms with van der Waals surface area (Å²) in [4.78, 5) is 6.61. The maximum Gasteiger partial charge on any atom is 0.231 e. The molecule has 1 aromatic heterocycles. The van der Waals surface area contributed by atoms with Crippen LogP contribution in [-0.4, -0.2) is 25.4 Å². The topological polar surface area (TPSA) is 46.6 Å². The number of aromatic nitrogens is 1. The number of fused-ring (bicyclic) bond motifs is 1. The first kappa shape index (κ1) is 15.6. The van der Waals surface area contributed by atoms with E-state index >= 15 is 0 Å². The molecule has 0 spiro atoms. The van der Waals surface area contributed by atoms with Gasteiger partial charge >= 0.3 is 0 Å². The van der Waals surface area contributed by atoms with Crippen LogP contribution in [0.3, 0.4) is 0 Å². The second kappa shape index (κ2) is 6.87. The van der Waals surface area contributed by atoms with Crippen LogP contribution in [0, 0.1) is 0 Å². The summed E-state index contributed by atoms with van der Waals surface area (Å²) in [6.07, 6.45) is 1.93. The van der Waals surface area contributed by atoms with Gasteiger partial charge in [-0.05, 0) is 43.2 Å². The zero-order valence-electron chi connectivity index (χ0n) is 13.9. The predicted molar refractivity (Wildman–Crippen MR) is 91.0 cm³/mol. The largest absolute Gasteiger partial charge is 0.454 e. The summed E-state index contributed by atoms with van der Waals surface area (Å²) in [5.41, 5.74) is 2.36. The standard InChI is InChI=1S/C18H23N3O2/c1-4-21(3)18-8-5-14(11-20-18)10-19-13(2)15-6-7-16-17(9-15)23-12-22-16/h5-9,11,13,19H,4,10,12H2,1-3H3/t13-/m0/s1. The van der Waals surface area contributed by atoms with Gasteiger partial charge in [0.2, 0.25) is 6.79 Å². The summed E-state index contributed by atoms with van der Waals surface area (Å²) in [7, 11) is 2.04. The van der Waals surface area contributed by atoms with Crippen LogP contribution in [0.1, 0.15) is 31.0 Å². The summed E-state index contributed by atoms with van der Waals surface area (Å²) in [6, 6.07) is 10.5. The van der Waals surface area contributed by atoms with Crippen molar-refractivity contribution < 1.29 is 9.47 Å². The predicted octanol–water partition coefficient (Wildman–Crippen LogP) is 3.12. The molecular formula is C18H23N3O2. The highest BCUT2D eigenvalue weighted by Gasteiger charge is 2.15. The first-order valence-electron chi connectivity index (χ1n) is 7.96. The highest BCUT2D eigenvalue weighted by atomic mass is 16.7. The minimum Gasteiger partial charge on any atom is -0.454 e. The molecule has 0 radical (unpaired) electrons. The maximum atomic E-state index is 5.43. The molecule has 2 aromatic rings. The minimum atomic E-state index is 0.225. The zero-order valence-corrected chi connectivity index (χ0v) is 13.9. The molecule has 0 bridgehead atoms. The Labute approximate surface area is 137 Å². The van der Waals surface area contributed by atoms with Gasteiger partial charge in [0.25, 0.3) is 0 Å². The number of pyridine rings is 1. The lowest BCUT2D eigenvalue weighted by atomic mass is 10.1. The van der Waals surface area contributed by atoms with E-state index in [4.69, 9.17) is 9.47 Å². The van der Waals surface area contributed by atoms with Gasteiger partial charge in [0.05, 0.1) is 0 Å². The third-order valence-electron chi connectivity index (χ3n) is 4.18. The van der Waals surface area contributed by atoms with E-state index < -0.39 is 0 Å². The third-order valence-corrected chi connectivity index (χ3v) is 4.18. The van der Waals surface area contributed by atoms with Crippen molar-refractivity contribution in [3.8, 4) is 11.5 Å². The average Bonchev–Trinajstić information content (AvgIpc) is 3.07. The van der Waals surface area contributed by atoms with Gasteiger partial charge in [-0.3, -0.25) is 0 Å². The number of hydrogen-bond donors (Lipinski definition) is 1. The summed E-state index contributed by atoms with van der Waals surface area (Å²) >= 11 is 0. The number of nitrogens with one attached hydrogen (secondary N) is 1. The molecule has 1 aliphatic rings. The molecule has 5 heteroatoms. The Morgan fingerprint density at radius 1 is 1.22 bits per heavy atom. The molecule has 0 amide bonds. The van der Waals surface area contributed by atoms with Gasteiger partial charge in [-0.1, -0.05) is 12.1 Å². The van der Waals surface area contributed by atoms with Gasteiger partial charge in [-0.2, -0.15) is 0 Å². The summed E-state index contributed by atoms with van der Waals surface area (Å²) in [6.45, 7) is 6.30. The van der Waals surface area contributed by atoms with Crippen molar-refractivity contribution in [2.75, 3.05) is 25.3 Å². The van der Waals surface area contributed by atoms with Crippen LogP contribution in [0.2, 0.25) is 0 Å². The van der Waals surface area contributed by atoms with E-state index in [1.165, 1.54) is 11.1 Å². The molecule has 23 heavy (non-hydrogen) atoms. The number of rotatable bonds is 6. The second-order valence-electron chi connectivity index (χ2n) is 5.75. The van der Waals surface area contributed by atoms with Crippen molar-refractivity contribution in [2.24, 2.45) is 0 Å². The molecule has 1 aliphatic heterocycles. The van der Waals surface area contributed by atoms with Crippen molar-refractivity contribution in [1.29, 1.82) is 0 Å². The van der Waals surface area contributed by atoms with E-state index in [1.807, 2.05) is 25.4 Å². The Morgan fingerprint density at radius 2 is 2.04 bits per heavy atom. The normalized spacial score (nSPS) is 13.9. The lowest BCUT2D eigenvalue weighted by Gasteiger charge is -2.17. The van der Waals surface area contributed by atoms with Crippen molar-refractivity contribution in [3.63, 3.8) is 0 Å². The fraction of sp³-hybridized carbons (Fsp3) is 0.389. The first-order chi connectivity index (χ1) is 11.2. The molecule has 3 rings (SSSR count). The highest BCUT2D eigenvalue weighted by Crippen LogP contribution is 2.34. The van der Waals surface area contributed by atoms with Gasteiger partial charge in [0.15, 0.2) is 11.5 Å². The molecule has 0 saturated carbocycles. The molecule has 5 nitrogen and oxygen atoms in total. The van der Waals surface area contributed by atoms with Gasteiger partial charge in [0.1, 0.15) is 5.82 Å². The van der Waals surface area contributed by atoms with Crippen molar-refractivity contribution >= 4 is 5.82 Å². The van der Waals surface area contributed by atoms with Gasteiger partial charge in [-0.15, -0.1) is 0 Å². The van der Waals surface area contributed by atoms with E-state index in [9.17, 15) is 0 Å². The smallest absolute Gasteiger partial charge is 0.231 e. The minimum absolute atomic E-state index is 0.225. The van der Waals surface area contributed by atoms with Gasteiger partial charge in [0, 0.05) is 32.4 Å². The third kappa shape index (κ3) is 3.56. The van der Waals surface area contributed by atoms with Crippen molar-refractivity contribution in [1.82, 2.24) is 10.3 Å². The zero-order chi connectivity index (χ0) is 16.2. The molecule has 122 valence electrons. The fourth-order valence-corrected chi connectivity index (χ4v) is 2.48. The Bertz CT molecular complexity index is 658. The number of ether oxygens (including phenoxy) is 2. The van der Waals surface area contributed by atoms with E-state index in [0.29, 0.717) is 6.79 Å². The highest BCUT2D eigenvalue weighted by molar-refractivity contribution is 5.45. The quantitative estimate of drug-likeness (QED) is 0.888. The summed E-state index contributed by atoms with van der Waals surface area (Å²) in [5, 5.41) is 3.52. The van der Waals surface area contributed by atoms with E-state index in [2.05, 4.69) is 47.2 Å². The van der Waals surface area contributed by atoms with Crippen LogP contribution in [0.5, 0.6) is 11.5 Å². The molecule has 2 heterocycles. The van der Waals surface area contributed by atoms with Crippen LogP contribution in [0.4, 0.5) is 5.82 Å². The van der Waals surface area contributed by atoms with E-state index in [-0.39, 0.29) is 6.04 Å². The maximum absolute atomic E-state index is 5.43. The molecule has 0 aliphatic carbocycles. The lowest BCUT2D eigenvalue weighted by Crippen LogP contribution is -2.19. The van der Waals surface area contributed by atoms with Gasteiger partial charge in [-0.25, -0.2) is 4.98 Å². The summed E-state index contributed by atoms with van der Waals surface area (Å²) in [5.74, 6) is 2.64. The number of hydrogen-bond acceptors (Lipinski definition) is 5. The molecule has 1 atom stereocenters. The molecule has 0 unspecified atom stereocenters. The Hall–Kier alpha value is -2.27. The van der Waals surface area contributed by atoms with Crippen LogP contribution in [-0.2, 0) is 6.54 Å². The van der Waals surface area contributed by atoms with Crippen LogP contribution in [0.15, 0.2) is 36.5 Å². The first-order valence-corrected chi connectivity index (χ1v) is 7.96. The van der Waals surface area contributed by atoms with E-state index in [0.717, 1.165) is 30.4 Å². The molecule has 0 fully saturated rings. The van der Waals surface area contributed by atoms with Crippen LogP contribution < -0.4 is 19.7 Å². The monoisotopic (exact) mass is 313 g/mol. The molecule has 1 aromatic carbocycles. The average molecular weight is 313 g/mol. The van der Waals surface area contributed by atoms with Crippen LogP contribution in [0.25, 0.3) is 0 Å². The van der Waals surface area contributed by atoms with Crippen molar-refractivity contribution in [2.45, 2.75) is 26.4 Å².